The molecule has 0 aliphatic rings. The third-order valence-electron chi connectivity index (χ3n) is 5.42. The number of hydrogen-bond donors (Lipinski definition) is 0. The van der Waals surface area contributed by atoms with Crippen molar-refractivity contribution in [1.29, 1.82) is 0 Å². The molecule has 0 bridgehead atoms. The number of benzene rings is 2. The molecule has 0 saturated carbocycles. The van der Waals surface area contributed by atoms with Crippen LogP contribution in [0.1, 0.15) is 62.2 Å². The summed E-state index contributed by atoms with van der Waals surface area (Å²) in [5, 5.41) is 4.66. The van der Waals surface area contributed by atoms with Gasteiger partial charge in [0.05, 0.1) is 6.54 Å². The zero-order valence-corrected chi connectivity index (χ0v) is 18.4. The van der Waals surface area contributed by atoms with E-state index in [9.17, 15) is 4.79 Å². The molecule has 1 aromatic heterocycles. The zero-order chi connectivity index (χ0) is 21.0. The summed E-state index contributed by atoms with van der Waals surface area (Å²) in [6.45, 7) is 11.9. The summed E-state index contributed by atoms with van der Waals surface area (Å²) < 4.78 is 3.41. The zero-order valence-electron chi connectivity index (χ0n) is 18.4. The highest BCUT2D eigenvalue weighted by atomic mass is 16.2. The Balaban J connectivity index is 1.71. The van der Waals surface area contributed by atoms with E-state index >= 15 is 0 Å². The van der Waals surface area contributed by atoms with E-state index in [1.165, 1.54) is 16.7 Å². The number of rotatable bonds is 7. The smallest absolute Gasteiger partial charge is 0.279 e. The van der Waals surface area contributed by atoms with Crippen LogP contribution in [0.5, 0.6) is 0 Å². The molecular formula is C25H33N3O. The van der Waals surface area contributed by atoms with Crippen molar-refractivity contribution in [3.63, 3.8) is 0 Å². The van der Waals surface area contributed by atoms with E-state index < -0.39 is 0 Å². The maximum Gasteiger partial charge on any atom is 0.346 e. The first-order valence-electron chi connectivity index (χ1n) is 10.6. The third-order valence-corrected chi connectivity index (χ3v) is 5.42. The normalized spacial score (nSPS) is 11.8. The second-order valence-corrected chi connectivity index (χ2v) is 8.89. The maximum absolute atomic E-state index is 12.8. The van der Waals surface area contributed by atoms with Gasteiger partial charge in [-0.25, -0.2) is 9.48 Å². The first-order valence-corrected chi connectivity index (χ1v) is 10.6. The molecule has 4 nitrogen and oxygen atoms in total. The third kappa shape index (κ3) is 5.26. The van der Waals surface area contributed by atoms with Gasteiger partial charge in [-0.1, -0.05) is 74.9 Å². The van der Waals surface area contributed by atoms with Gasteiger partial charge in [-0.2, -0.15) is 5.10 Å². The quantitative estimate of drug-likeness (QED) is 0.575. The molecule has 3 aromatic rings. The molecule has 0 aliphatic heterocycles. The topological polar surface area (TPSA) is 39.8 Å². The van der Waals surface area contributed by atoms with E-state index in [0.717, 1.165) is 30.7 Å². The summed E-state index contributed by atoms with van der Waals surface area (Å²) in [6.07, 6.45) is 2.80. The van der Waals surface area contributed by atoms with Gasteiger partial charge in [-0.05, 0) is 48.8 Å². The van der Waals surface area contributed by atoms with Crippen LogP contribution in [0.15, 0.2) is 53.3 Å². The van der Waals surface area contributed by atoms with Gasteiger partial charge in [0.1, 0.15) is 5.82 Å². The Morgan fingerprint density at radius 2 is 1.69 bits per heavy atom. The van der Waals surface area contributed by atoms with Gasteiger partial charge in [0, 0.05) is 13.0 Å². The summed E-state index contributed by atoms with van der Waals surface area (Å²) in [5.74, 6) is 0.886. The fourth-order valence-electron chi connectivity index (χ4n) is 3.69. The molecule has 1 heterocycles. The van der Waals surface area contributed by atoms with Crippen LogP contribution in [-0.2, 0) is 31.3 Å². The second kappa shape index (κ2) is 8.81. The summed E-state index contributed by atoms with van der Waals surface area (Å²) in [5.41, 5.74) is 5.14. The lowest BCUT2D eigenvalue weighted by Gasteiger charge is -2.19. The molecule has 4 heteroatoms. The molecule has 2 aromatic carbocycles. The highest BCUT2D eigenvalue weighted by Crippen LogP contribution is 2.22. The molecule has 29 heavy (non-hydrogen) atoms. The Hall–Kier alpha value is -2.62. The van der Waals surface area contributed by atoms with Crippen LogP contribution in [0, 0.1) is 6.92 Å². The Labute approximate surface area is 174 Å². The van der Waals surface area contributed by atoms with Crippen LogP contribution in [0.3, 0.4) is 0 Å². The average molecular weight is 392 g/mol. The van der Waals surface area contributed by atoms with E-state index in [4.69, 9.17) is 0 Å². The van der Waals surface area contributed by atoms with Crippen molar-refractivity contribution in [1.82, 2.24) is 14.3 Å². The largest absolute Gasteiger partial charge is 0.346 e. The Kier molecular flexibility index (Phi) is 6.41. The fraction of sp³-hybridized carbons (Fsp3) is 0.440. The van der Waals surface area contributed by atoms with Crippen LogP contribution in [0.2, 0.25) is 0 Å². The van der Waals surface area contributed by atoms with Crippen molar-refractivity contribution in [2.45, 2.75) is 72.4 Å². The van der Waals surface area contributed by atoms with Crippen molar-refractivity contribution < 1.29 is 0 Å². The van der Waals surface area contributed by atoms with Gasteiger partial charge in [0.2, 0.25) is 0 Å². The molecule has 154 valence electrons. The Morgan fingerprint density at radius 1 is 0.966 bits per heavy atom. The molecular weight excluding hydrogens is 358 g/mol. The SMILES string of the molecule is CCn1c(CCCc2cccc(C)c2)nn(Cc2ccc(C(C)(C)C)cc2)c1=O. The number of aryl methyl sites for hydroxylation is 3. The minimum Gasteiger partial charge on any atom is -0.279 e. The standard InChI is InChI=1S/C25H33N3O/c1-6-27-23(12-8-11-20-10-7-9-19(2)17-20)26-28(24(27)29)18-21-13-15-22(16-14-21)25(3,4)5/h7,9-10,13-17H,6,8,11-12,18H2,1-5H3. The first kappa shape index (κ1) is 21.1. The van der Waals surface area contributed by atoms with Gasteiger partial charge in [0.15, 0.2) is 0 Å². The van der Waals surface area contributed by atoms with Crippen molar-refractivity contribution in [3.05, 3.63) is 87.1 Å². The van der Waals surface area contributed by atoms with Gasteiger partial charge in [0.25, 0.3) is 0 Å². The van der Waals surface area contributed by atoms with E-state index in [0.29, 0.717) is 13.1 Å². The van der Waals surface area contributed by atoms with Gasteiger partial charge >= 0.3 is 5.69 Å². The van der Waals surface area contributed by atoms with Crippen LogP contribution < -0.4 is 5.69 Å². The molecule has 0 saturated heterocycles. The number of hydrogen-bond acceptors (Lipinski definition) is 2. The maximum atomic E-state index is 12.8. The molecule has 0 spiro atoms. The monoisotopic (exact) mass is 391 g/mol. The molecule has 0 fully saturated rings. The van der Waals surface area contributed by atoms with Crippen LogP contribution in [0.4, 0.5) is 0 Å². The lowest BCUT2D eigenvalue weighted by atomic mass is 9.87. The average Bonchev–Trinajstić information content (AvgIpc) is 2.96. The fourth-order valence-corrected chi connectivity index (χ4v) is 3.69. The summed E-state index contributed by atoms with van der Waals surface area (Å²) in [4.78, 5) is 12.8. The predicted octanol–water partition coefficient (Wildman–Crippen LogP) is 4.89. The molecule has 0 radical (unpaired) electrons. The highest BCUT2D eigenvalue weighted by Gasteiger charge is 2.15. The molecule has 3 rings (SSSR count). The number of aromatic nitrogens is 3. The minimum atomic E-state index is -0.0158. The summed E-state index contributed by atoms with van der Waals surface area (Å²) in [6, 6.07) is 17.1. The molecule has 0 N–H and O–H groups in total. The Bertz CT molecular complexity index is 1000. The van der Waals surface area contributed by atoms with Crippen molar-refractivity contribution in [2.75, 3.05) is 0 Å². The van der Waals surface area contributed by atoms with Crippen LogP contribution >= 0.6 is 0 Å². The predicted molar refractivity (Wildman–Crippen MR) is 120 cm³/mol. The van der Waals surface area contributed by atoms with E-state index in [1.807, 2.05) is 6.92 Å². The lowest BCUT2D eigenvalue weighted by molar-refractivity contribution is 0.588. The lowest BCUT2D eigenvalue weighted by Crippen LogP contribution is -2.25. The summed E-state index contributed by atoms with van der Waals surface area (Å²) in [7, 11) is 0. The van der Waals surface area contributed by atoms with Gasteiger partial charge in [-0.15, -0.1) is 0 Å². The van der Waals surface area contributed by atoms with Crippen molar-refractivity contribution in [2.24, 2.45) is 0 Å². The molecule has 0 amide bonds. The van der Waals surface area contributed by atoms with Gasteiger partial charge in [-0.3, -0.25) is 4.57 Å². The van der Waals surface area contributed by atoms with Crippen molar-refractivity contribution >= 4 is 0 Å². The molecule has 0 unspecified atom stereocenters. The van der Waals surface area contributed by atoms with Crippen molar-refractivity contribution in [3.8, 4) is 0 Å². The Morgan fingerprint density at radius 3 is 2.31 bits per heavy atom. The first-order chi connectivity index (χ1) is 13.8. The minimum absolute atomic E-state index is 0.0158. The second-order valence-electron chi connectivity index (χ2n) is 8.89. The van der Waals surface area contributed by atoms with Crippen LogP contribution in [0.25, 0.3) is 0 Å². The van der Waals surface area contributed by atoms with E-state index in [2.05, 4.69) is 81.3 Å². The molecule has 0 aliphatic carbocycles. The van der Waals surface area contributed by atoms with E-state index in [-0.39, 0.29) is 11.1 Å². The van der Waals surface area contributed by atoms with Gasteiger partial charge < -0.3 is 0 Å². The molecule has 0 atom stereocenters. The summed E-state index contributed by atoms with van der Waals surface area (Å²) >= 11 is 0. The van der Waals surface area contributed by atoms with E-state index in [1.54, 1.807) is 9.25 Å². The van der Waals surface area contributed by atoms with Crippen LogP contribution in [-0.4, -0.2) is 14.3 Å². The highest BCUT2D eigenvalue weighted by molar-refractivity contribution is 5.27. The number of nitrogens with zero attached hydrogens (tertiary/aromatic N) is 3.